The van der Waals surface area contributed by atoms with E-state index >= 15 is 0 Å². The van der Waals surface area contributed by atoms with E-state index in [0.29, 0.717) is 13.0 Å². The smallest absolute Gasteiger partial charge is 0.229 e. The Morgan fingerprint density at radius 2 is 1.91 bits per heavy atom. The number of amides is 1. The van der Waals surface area contributed by atoms with Crippen molar-refractivity contribution in [3.63, 3.8) is 0 Å². The van der Waals surface area contributed by atoms with Gasteiger partial charge in [0.05, 0.1) is 18.6 Å². The first-order valence-corrected chi connectivity index (χ1v) is 7.93. The standard InChI is InChI=1S/C16H22Cl2N2O2/c1-15(10-16(15,17)18)14(21)19-9-13(20(2)3)11-5-7-12(22-4)8-6-11/h5-8,13H,9-10H2,1-4H3,(H,19,21). The molecule has 2 unspecified atom stereocenters. The Kier molecular flexibility index (Phi) is 4.95. The van der Waals surface area contributed by atoms with Crippen LogP contribution in [0.1, 0.15) is 24.9 Å². The molecule has 122 valence electrons. The monoisotopic (exact) mass is 344 g/mol. The zero-order valence-electron chi connectivity index (χ0n) is 13.3. The van der Waals surface area contributed by atoms with E-state index in [9.17, 15) is 4.79 Å². The summed E-state index contributed by atoms with van der Waals surface area (Å²) in [7, 11) is 5.60. The number of nitrogens with one attached hydrogen (secondary N) is 1. The van der Waals surface area contributed by atoms with Gasteiger partial charge in [-0.05, 0) is 45.1 Å². The highest BCUT2D eigenvalue weighted by Crippen LogP contribution is 2.63. The van der Waals surface area contributed by atoms with Crippen molar-refractivity contribution in [1.29, 1.82) is 0 Å². The molecule has 1 aliphatic rings. The Labute approximate surface area is 141 Å². The Bertz CT molecular complexity index is 546. The number of benzene rings is 1. The second-order valence-electron chi connectivity index (χ2n) is 6.18. The number of alkyl halides is 2. The molecule has 6 heteroatoms. The van der Waals surface area contributed by atoms with Gasteiger partial charge < -0.3 is 15.0 Å². The van der Waals surface area contributed by atoms with Gasteiger partial charge in [0.15, 0.2) is 0 Å². The number of rotatable bonds is 6. The van der Waals surface area contributed by atoms with E-state index in [1.165, 1.54) is 0 Å². The molecule has 1 aromatic carbocycles. The van der Waals surface area contributed by atoms with Gasteiger partial charge in [0.1, 0.15) is 10.1 Å². The molecule has 0 aromatic heterocycles. The fraction of sp³-hybridized carbons (Fsp3) is 0.562. The molecule has 1 N–H and O–H groups in total. The van der Waals surface area contributed by atoms with Crippen molar-refractivity contribution in [3.05, 3.63) is 29.8 Å². The zero-order valence-corrected chi connectivity index (χ0v) is 14.8. The van der Waals surface area contributed by atoms with Crippen molar-refractivity contribution in [1.82, 2.24) is 10.2 Å². The van der Waals surface area contributed by atoms with Crippen molar-refractivity contribution >= 4 is 29.1 Å². The van der Waals surface area contributed by atoms with E-state index in [-0.39, 0.29) is 11.9 Å². The third-order valence-electron chi connectivity index (χ3n) is 4.34. The highest BCUT2D eigenvalue weighted by molar-refractivity contribution is 6.53. The summed E-state index contributed by atoms with van der Waals surface area (Å²) in [5.41, 5.74) is 0.419. The molecular formula is C16H22Cl2N2O2. The minimum Gasteiger partial charge on any atom is -0.497 e. The van der Waals surface area contributed by atoms with Gasteiger partial charge in [-0.2, -0.15) is 0 Å². The fourth-order valence-corrected chi connectivity index (χ4v) is 3.16. The van der Waals surface area contributed by atoms with Gasteiger partial charge in [0.2, 0.25) is 5.91 Å². The molecule has 0 spiro atoms. The second kappa shape index (κ2) is 6.26. The molecule has 2 atom stereocenters. The summed E-state index contributed by atoms with van der Waals surface area (Å²) in [4.78, 5) is 14.3. The quantitative estimate of drug-likeness (QED) is 0.806. The number of carbonyl (C=O) groups is 1. The zero-order chi connectivity index (χ0) is 16.5. The summed E-state index contributed by atoms with van der Waals surface area (Å²) >= 11 is 12.1. The molecule has 1 amide bonds. The lowest BCUT2D eigenvalue weighted by molar-refractivity contribution is -0.126. The van der Waals surface area contributed by atoms with E-state index in [2.05, 4.69) is 10.2 Å². The van der Waals surface area contributed by atoms with Crippen molar-refractivity contribution in [2.75, 3.05) is 27.7 Å². The SMILES string of the molecule is COc1ccc(C(CNC(=O)C2(C)CC2(Cl)Cl)N(C)C)cc1. The lowest BCUT2D eigenvalue weighted by Crippen LogP contribution is -2.39. The molecule has 1 fully saturated rings. The Morgan fingerprint density at radius 1 is 1.36 bits per heavy atom. The van der Waals surface area contributed by atoms with Crippen molar-refractivity contribution < 1.29 is 9.53 Å². The van der Waals surface area contributed by atoms with Gasteiger partial charge in [0, 0.05) is 6.54 Å². The van der Waals surface area contributed by atoms with E-state index in [1.807, 2.05) is 38.4 Å². The van der Waals surface area contributed by atoms with Crippen molar-refractivity contribution in [2.24, 2.45) is 5.41 Å². The number of carbonyl (C=O) groups excluding carboxylic acids is 1. The predicted molar refractivity (Wildman–Crippen MR) is 89.6 cm³/mol. The van der Waals surface area contributed by atoms with E-state index in [1.54, 1.807) is 14.0 Å². The summed E-state index contributed by atoms with van der Waals surface area (Å²) in [6.45, 7) is 2.29. The summed E-state index contributed by atoms with van der Waals surface area (Å²) in [6, 6.07) is 7.90. The maximum Gasteiger partial charge on any atom is 0.229 e. The first kappa shape index (κ1) is 17.4. The van der Waals surface area contributed by atoms with Gasteiger partial charge in [-0.1, -0.05) is 12.1 Å². The summed E-state index contributed by atoms with van der Waals surface area (Å²) < 4.78 is 4.23. The van der Waals surface area contributed by atoms with Crippen LogP contribution < -0.4 is 10.1 Å². The van der Waals surface area contributed by atoms with Gasteiger partial charge >= 0.3 is 0 Å². The largest absolute Gasteiger partial charge is 0.497 e. The lowest BCUT2D eigenvalue weighted by Gasteiger charge is -2.26. The third-order valence-corrected chi connectivity index (χ3v) is 5.44. The number of halogens is 2. The molecule has 0 radical (unpaired) electrons. The van der Waals surface area contributed by atoms with Crippen LogP contribution in [0, 0.1) is 5.41 Å². The molecular weight excluding hydrogens is 323 g/mol. The van der Waals surface area contributed by atoms with Crippen LogP contribution in [0.25, 0.3) is 0 Å². The first-order chi connectivity index (χ1) is 10.2. The number of ether oxygens (including phenoxy) is 1. The van der Waals surface area contributed by atoms with E-state index in [4.69, 9.17) is 27.9 Å². The number of hydrogen-bond donors (Lipinski definition) is 1. The van der Waals surface area contributed by atoms with Crippen molar-refractivity contribution in [3.8, 4) is 5.75 Å². The minimum atomic E-state index is -0.940. The maximum absolute atomic E-state index is 12.3. The second-order valence-corrected chi connectivity index (χ2v) is 7.66. The summed E-state index contributed by atoms with van der Waals surface area (Å²) in [6.07, 6.45) is 0.490. The first-order valence-electron chi connectivity index (χ1n) is 7.18. The fourth-order valence-electron chi connectivity index (χ4n) is 2.46. The van der Waals surface area contributed by atoms with Gasteiger partial charge in [-0.15, -0.1) is 23.2 Å². The lowest BCUT2D eigenvalue weighted by atomic mass is 10.0. The molecule has 1 saturated carbocycles. The predicted octanol–water partition coefficient (Wildman–Crippen LogP) is 3.00. The van der Waals surface area contributed by atoms with Crippen LogP contribution in [-0.2, 0) is 4.79 Å². The average molecular weight is 345 g/mol. The van der Waals surface area contributed by atoms with Gasteiger partial charge in [-0.25, -0.2) is 0 Å². The van der Waals surface area contributed by atoms with E-state index < -0.39 is 9.75 Å². The topological polar surface area (TPSA) is 41.6 Å². The maximum atomic E-state index is 12.3. The number of hydrogen-bond acceptors (Lipinski definition) is 3. The molecule has 0 aliphatic heterocycles. The molecule has 0 bridgehead atoms. The average Bonchev–Trinajstić information content (AvgIpc) is 2.99. The van der Waals surface area contributed by atoms with Crippen LogP contribution >= 0.6 is 23.2 Å². The molecule has 1 aromatic rings. The normalized spacial score (nSPS) is 24.0. The van der Waals surface area contributed by atoms with Gasteiger partial charge in [-0.3, -0.25) is 4.79 Å². The third kappa shape index (κ3) is 3.34. The number of likely N-dealkylation sites (N-methyl/N-ethyl adjacent to an activating group) is 1. The Hall–Kier alpha value is -0.970. The molecule has 0 saturated heterocycles. The molecule has 1 aliphatic carbocycles. The highest BCUT2D eigenvalue weighted by atomic mass is 35.5. The van der Waals surface area contributed by atoms with Crippen LogP contribution in [0.4, 0.5) is 0 Å². The van der Waals surface area contributed by atoms with Gasteiger partial charge in [0.25, 0.3) is 0 Å². The molecule has 2 rings (SSSR count). The molecule has 22 heavy (non-hydrogen) atoms. The highest BCUT2D eigenvalue weighted by Gasteiger charge is 2.67. The number of methoxy groups -OCH3 is 1. The molecule has 0 heterocycles. The number of nitrogens with zero attached hydrogens (tertiary/aromatic N) is 1. The van der Waals surface area contributed by atoms with Crippen LogP contribution in [-0.4, -0.2) is 42.9 Å². The Balaban J connectivity index is 2.02. The van der Waals surface area contributed by atoms with Crippen LogP contribution in [0.15, 0.2) is 24.3 Å². The summed E-state index contributed by atoms with van der Waals surface area (Å²) in [5, 5.41) is 2.97. The van der Waals surface area contributed by atoms with E-state index in [0.717, 1.165) is 11.3 Å². The molecule has 4 nitrogen and oxygen atoms in total. The van der Waals surface area contributed by atoms with Crippen molar-refractivity contribution in [2.45, 2.75) is 23.7 Å². The van der Waals surface area contributed by atoms with Crippen LogP contribution in [0.2, 0.25) is 0 Å². The van der Waals surface area contributed by atoms with Crippen LogP contribution in [0.5, 0.6) is 5.75 Å². The minimum absolute atomic E-state index is 0.0669. The Morgan fingerprint density at radius 3 is 2.32 bits per heavy atom. The summed E-state index contributed by atoms with van der Waals surface area (Å²) in [5.74, 6) is 0.711. The van der Waals surface area contributed by atoms with Crippen LogP contribution in [0.3, 0.4) is 0 Å².